The van der Waals surface area contributed by atoms with Gasteiger partial charge in [-0.3, -0.25) is 14.0 Å². The molecule has 1 N–H and O–H groups in total. The van der Waals surface area contributed by atoms with Crippen molar-refractivity contribution in [2.24, 2.45) is 0 Å². The van der Waals surface area contributed by atoms with Crippen LogP contribution in [0.4, 0.5) is 5.82 Å². The number of benzene rings is 1. The summed E-state index contributed by atoms with van der Waals surface area (Å²) in [5.41, 5.74) is 2.31. The van der Waals surface area contributed by atoms with Gasteiger partial charge in [-0.2, -0.15) is 4.98 Å². The fourth-order valence-corrected chi connectivity index (χ4v) is 4.72. The van der Waals surface area contributed by atoms with E-state index in [1.54, 1.807) is 30.5 Å². The fourth-order valence-electron chi connectivity index (χ4n) is 3.25. The van der Waals surface area contributed by atoms with Gasteiger partial charge in [0.15, 0.2) is 10.1 Å². The number of furan rings is 1. The number of thiazole rings is 1. The predicted octanol–water partition coefficient (Wildman–Crippen LogP) is 4.45. The second kappa shape index (κ2) is 8.21. The molecule has 5 aromatic rings. The van der Waals surface area contributed by atoms with Crippen LogP contribution in [0.5, 0.6) is 0 Å². The van der Waals surface area contributed by atoms with E-state index in [1.165, 1.54) is 33.6 Å². The van der Waals surface area contributed by atoms with Crippen molar-refractivity contribution in [1.82, 2.24) is 19.4 Å². The van der Waals surface area contributed by atoms with Gasteiger partial charge >= 0.3 is 0 Å². The summed E-state index contributed by atoms with van der Waals surface area (Å²) >= 11 is 2.72. The van der Waals surface area contributed by atoms with Crippen molar-refractivity contribution in [3.05, 3.63) is 80.9 Å². The van der Waals surface area contributed by atoms with Gasteiger partial charge in [-0.25, -0.2) is 9.97 Å². The van der Waals surface area contributed by atoms with E-state index >= 15 is 0 Å². The van der Waals surface area contributed by atoms with Crippen LogP contribution in [0, 0.1) is 13.8 Å². The summed E-state index contributed by atoms with van der Waals surface area (Å²) in [5, 5.41) is 5.81. The average Bonchev–Trinajstić information content (AvgIpc) is 3.37. The number of aromatic nitrogens is 4. The van der Waals surface area contributed by atoms with Crippen LogP contribution in [0.25, 0.3) is 16.1 Å². The van der Waals surface area contributed by atoms with E-state index in [0.717, 1.165) is 5.56 Å². The molecule has 0 radical (unpaired) electrons. The van der Waals surface area contributed by atoms with Gasteiger partial charge in [-0.1, -0.05) is 30.0 Å². The topological polar surface area (TPSA) is 102 Å². The molecule has 32 heavy (non-hydrogen) atoms. The number of hydrogen-bond acceptors (Lipinski definition) is 8. The van der Waals surface area contributed by atoms with Crippen LogP contribution in [-0.2, 0) is 5.75 Å². The highest BCUT2D eigenvalue weighted by Gasteiger charge is 2.19. The standard InChI is InChI=1S/C22H17N5O3S2/c1-12-13(2)30-20-17(12)18(24-19(29)14-6-4-3-5-7-14)25-21(26-20)32-11-15-10-16(28)27-8-9-31-22(27)23-15/h3-10H,11H2,1-2H3,(H,24,25,26,29). The van der Waals surface area contributed by atoms with Crippen LogP contribution in [0.3, 0.4) is 0 Å². The van der Waals surface area contributed by atoms with E-state index < -0.39 is 0 Å². The Morgan fingerprint density at radius 1 is 1.19 bits per heavy atom. The number of rotatable bonds is 5. The van der Waals surface area contributed by atoms with Crippen LogP contribution in [0.2, 0.25) is 0 Å². The Bertz CT molecular complexity index is 1520. The minimum absolute atomic E-state index is 0.128. The summed E-state index contributed by atoms with van der Waals surface area (Å²) in [5.74, 6) is 1.24. The number of nitrogens with one attached hydrogen (secondary N) is 1. The Hall–Kier alpha value is -3.50. The summed E-state index contributed by atoms with van der Waals surface area (Å²) in [6.07, 6.45) is 1.70. The van der Waals surface area contributed by atoms with Crippen molar-refractivity contribution < 1.29 is 9.21 Å². The lowest BCUT2D eigenvalue weighted by Gasteiger charge is -2.08. The minimum Gasteiger partial charge on any atom is -0.443 e. The summed E-state index contributed by atoms with van der Waals surface area (Å²) in [7, 11) is 0. The molecule has 0 bridgehead atoms. The minimum atomic E-state index is -0.266. The van der Waals surface area contributed by atoms with E-state index in [1.807, 2.05) is 25.3 Å². The zero-order valence-corrected chi connectivity index (χ0v) is 18.8. The number of anilines is 1. The van der Waals surface area contributed by atoms with Crippen LogP contribution in [-0.4, -0.2) is 25.3 Å². The summed E-state index contributed by atoms with van der Waals surface area (Å²) in [6, 6.07) is 10.4. The second-order valence-corrected chi connectivity index (χ2v) is 8.88. The number of carbonyl (C=O) groups is 1. The Morgan fingerprint density at radius 3 is 2.81 bits per heavy atom. The second-order valence-electron chi connectivity index (χ2n) is 7.07. The van der Waals surface area contributed by atoms with Crippen molar-refractivity contribution in [3.63, 3.8) is 0 Å². The van der Waals surface area contributed by atoms with Crippen molar-refractivity contribution in [3.8, 4) is 0 Å². The molecule has 8 nitrogen and oxygen atoms in total. The lowest BCUT2D eigenvalue weighted by Crippen LogP contribution is -2.14. The first kappa shape index (κ1) is 20.4. The van der Waals surface area contributed by atoms with E-state index in [4.69, 9.17) is 4.42 Å². The maximum Gasteiger partial charge on any atom is 0.258 e. The van der Waals surface area contributed by atoms with E-state index in [9.17, 15) is 9.59 Å². The van der Waals surface area contributed by atoms with E-state index in [-0.39, 0.29) is 11.5 Å². The summed E-state index contributed by atoms with van der Waals surface area (Å²) in [6.45, 7) is 3.75. The van der Waals surface area contributed by atoms with Crippen molar-refractivity contribution in [2.75, 3.05) is 5.32 Å². The number of aryl methyl sites for hydroxylation is 2. The van der Waals surface area contributed by atoms with Gasteiger partial charge in [0.2, 0.25) is 5.71 Å². The predicted molar refractivity (Wildman–Crippen MR) is 125 cm³/mol. The Labute approximate surface area is 190 Å². The molecule has 4 heterocycles. The third-order valence-corrected chi connectivity index (χ3v) is 6.62. The molecular weight excluding hydrogens is 446 g/mol. The highest BCUT2D eigenvalue weighted by atomic mass is 32.2. The molecule has 1 aromatic carbocycles. The maximum atomic E-state index is 12.7. The largest absolute Gasteiger partial charge is 0.443 e. The highest BCUT2D eigenvalue weighted by molar-refractivity contribution is 7.98. The normalized spacial score (nSPS) is 11.3. The smallest absolute Gasteiger partial charge is 0.258 e. The van der Waals surface area contributed by atoms with Gasteiger partial charge < -0.3 is 9.73 Å². The summed E-state index contributed by atoms with van der Waals surface area (Å²) in [4.78, 5) is 39.2. The molecule has 0 atom stereocenters. The van der Waals surface area contributed by atoms with Crippen LogP contribution in [0.15, 0.2) is 62.3 Å². The zero-order chi connectivity index (χ0) is 22.2. The van der Waals surface area contributed by atoms with Crippen LogP contribution >= 0.6 is 23.1 Å². The third-order valence-electron chi connectivity index (χ3n) is 4.98. The van der Waals surface area contributed by atoms with Crippen LogP contribution in [0.1, 0.15) is 27.4 Å². The van der Waals surface area contributed by atoms with Gasteiger partial charge in [-0.15, -0.1) is 11.3 Å². The SMILES string of the molecule is Cc1oc2nc(SCc3cc(=O)n4ccsc4n3)nc(NC(=O)c3ccccc3)c2c1C. The van der Waals surface area contributed by atoms with Gasteiger partial charge in [0, 0.05) is 34.5 Å². The van der Waals surface area contributed by atoms with Gasteiger partial charge in [0.1, 0.15) is 11.6 Å². The van der Waals surface area contributed by atoms with Gasteiger partial charge in [0.05, 0.1) is 11.1 Å². The third kappa shape index (κ3) is 3.78. The first-order chi connectivity index (χ1) is 15.5. The molecule has 160 valence electrons. The van der Waals surface area contributed by atoms with Crippen molar-refractivity contribution in [2.45, 2.75) is 24.8 Å². The molecule has 5 rings (SSSR count). The highest BCUT2D eigenvalue weighted by Crippen LogP contribution is 2.32. The Kier molecular flexibility index (Phi) is 5.24. The molecule has 0 spiro atoms. The molecule has 0 fully saturated rings. The molecule has 0 saturated heterocycles. The Morgan fingerprint density at radius 2 is 2.00 bits per heavy atom. The Balaban J connectivity index is 1.48. The zero-order valence-electron chi connectivity index (χ0n) is 17.2. The number of hydrogen-bond donors (Lipinski definition) is 1. The molecule has 0 aliphatic rings. The van der Waals surface area contributed by atoms with Gasteiger partial charge in [-0.05, 0) is 26.0 Å². The van der Waals surface area contributed by atoms with Gasteiger partial charge in [0.25, 0.3) is 11.5 Å². The lowest BCUT2D eigenvalue weighted by atomic mass is 10.2. The number of fused-ring (bicyclic) bond motifs is 2. The maximum absolute atomic E-state index is 12.7. The molecule has 1 amide bonds. The van der Waals surface area contributed by atoms with E-state index in [2.05, 4.69) is 20.3 Å². The lowest BCUT2D eigenvalue weighted by molar-refractivity contribution is 0.102. The number of thioether (sulfide) groups is 1. The quantitative estimate of drug-likeness (QED) is 0.303. The molecule has 10 heteroatoms. The van der Waals surface area contributed by atoms with Crippen molar-refractivity contribution >= 4 is 50.9 Å². The molecule has 0 aliphatic carbocycles. The molecular formula is C22H17N5O3S2. The van der Waals surface area contributed by atoms with Crippen molar-refractivity contribution in [1.29, 1.82) is 0 Å². The molecule has 0 unspecified atom stereocenters. The average molecular weight is 464 g/mol. The monoisotopic (exact) mass is 463 g/mol. The molecule has 0 aliphatic heterocycles. The number of nitrogens with zero attached hydrogens (tertiary/aromatic N) is 4. The van der Waals surface area contributed by atoms with Crippen LogP contribution < -0.4 is 10.9 Å². The number of amides is 1. The molecule has 0 saturated carbocycles. The summed E-state index contributed by atoms with van der Waals surface area (Å²) < 4.78 is 7.31. The number of carbonyl (C=O) groups excluding carboxylic acids is 1. The first-order valence-corrected chi connectivity index (χ1v) is 11.6. The first-order valence-electron chi connectivity index (χ1n) is 9.72. The fraction of sp³-hybridized carbons (Fsp3) is 0.136. The molecule has 4 aromatic heterocycles. The van der Waals surface area contributed by atoms with E-state index in [0.29, 0.717) is 49.8 Å².